The molecule has 3 nitrogen and oxygen atoms in total. The number of methoxy groups -OCH3 is 1. The lowest BCUT2D eigenvalue weighted by Crippen LogP contribution is -2.35. The van der Waals surface area contributed by atoms with Crippen molar-refractivity contribution >= 4 is 5.91 Å². The largest absolute Gasteiger partial charge is 0.375 e. The minimum atomic E-state index is 0.0107. The van der Waals surface area contributed by atoms with Crippen molar-refractivity contribution in [2.75, 3.05) is 13.7 Å². The number of nitrogens with one attached hydrogen (secondary N) is 1. The summed E-state index contributed by atoms with van der Waals surface area (Å²) in [6.07, 6.45) is 3.48. The molecule has 0 radical (unpaired) electrons. The average Bonchev–Trinajstić information content (AvgIpc) is 2.36. The van der Waals surface area contributed by atoms with E-state index in [-0.39, 0.29) is 12.5 Å². The molecule has 0 aromatic heterocycles. The van der Waals surface area contributed by atoms with Crippen molar-refractivity contribution in [3.63, 3.8) is 0 Å². The lowest BCUT2D eigenvalue weighted by atomic mass is 10.1. The van der Waals surface area contributed by atoms with E-state index in [2.05, 4.69) is 12.2 Å². The van der Waals surface area contributed by atoms with Crippen molar-refractivity contribution in [2.45, 2.75) is 32.2 Å². The molecule has 0 aromatic carbocycles. The summed E-state index contributed by atoms with van der Waals surface area (Å²) in [5.41, 5.74) is 0. The van der Waals surface area contributed by atoms with Gasteiger partial charge in [0.2, 0.25) is 5.91 Å². The van der Waals surface area contributed by atoms with Gasteiger partial charge in [-0.3, -0.25) is 4.79 Å². The summed E-state index contributed by atoms with van der Waals surface area (Å²) in [5, 5.41) is 2.95. The molecule has 0 spiro atoms. The summed E-state index contributed by atoms with van der Waals surface area (Å²) in [6, 6.07) is 0.391. The molecule has 1 aliphatic carbocycles. The highest BCUT2D eigenvalue weighted by molar-refractivity contribution is 5.77. The molecule has 0 saturated heterocycles. The van der Waals surface area contributed by atoms with E-state index in [1.165, 1.54) is 13.5 Å². The van der Waals surface area contributed by atoms with Crippen LogP contribution in [0.4, 0.5) is 0 Å². The zero-order valence-electron chi connectivity index (χ0n) is 7.80. The first-order chi connectivity index (χ1) is 5.72. The molecule has 1 amide bonds. The number of amides is 1. The summed E-state index contributed by atoms with van der Waals surface area (Å²) in [4.78, 5) is 11.1. The predicted molar refractivity (Wildman–Crippen MR) is 46.8 cm³/mol. The van der Waals surface area contributed by atoms with Gasteiger partial charge in [-0.15, -0.1) is 0 Å². The Labute approximate surface area is 73.5 Å². The van der Waals surface area contributed by atoms with E-state index >= 15 is 0 Å². The first-order valence-corrected chi connectivity index (χ1v) is 4.50. The van der Waals surface area contributed by atoms with Gasteiger partial charge in [0, 0.05) is 13.2 Å². The van der Waals surface area contributed by atoms with Gasteiger partial charge in [-0.05, 0) is 25.2 Å². The molecule has 2 unspecified atom stereocenters. The van der Waals surface area contributed by atoms with Crippen LogP contribution in [0.25, 0.3) is 0 Å². The molecule has 1 rings (SSSR count). The number of hydrogen-bond donors (Lipinski definition) is 1. The van der Waals surface area contributed by atoms with Gasteiger partial charge in [-0.25, -0.2) is 0 Å². The van der Waals surface area contributed by atoms with Crippen LogP contribution in [0.2, 0.25) is 0 Å². The molecular weight excluding hydrogens is 154 g/mol. The van der Waals surface area contributed by atoms with Crippen LogP contribution in [0, 0.1) is 5.92 Å². The van der Waals surface area contributed by atoms with E-state index in [9.17, 15) is 4.79 Å². The van der Waals surface area contributed by atoms with Crippen LogP contribution in [0.3, 0.4) is 0 Å². The van der Waals surface area contributed by atoms with Gasteiger partial charge in [-0.1, -0.05) is 6.92 Å². The smallest absolute Gasteiger partial charge is 0.246 e. The monoisotopic (exact) mass is 171 g/mol. The number of hydrogen-bond acceptors (Lipinski definition) is 2. The Kier molecular flexibility index (Phi) is 3.53. The van der Waals surface area contributed by atoms with Crippen LogP contribution < -0.4 is 5.32 Å². The highest BCUT2D eigenvalue weighted by Crippen LogP contribution is 2.24. The summed E-state index contributed by atoms with van der Waals surface area (Å²) >= 11 is 0. The predicted octanol–water partition coefficient (Wildman–Crippen LogP) is 0.938. The zero-order chi connectivity index (χ0) is 8.97. The second-order valence-corrected chi connectivity index (χ2v) is 3.62. The summed E-state index contributed by atoms with van der Waals surface area (Å²) in [5.74, 6) is 0.773. The molecule has 0 aliphatic heterocycles. The van der Waals surface area contributed by atoms with Crippen LogP contribution >= 0.6 is 0 Å². The van der Waals surface area contributed by atoms with Crippen molar-refractivity contribution < 1.29 is 9.53 Å². The Bertz CT molecular complexity index is 159. The van der Waals surface area contributed by atoms with Crippen LogP contribution in [0.15, 0.2) is 0 Å². The van der Waals surface area contributed by atoms with Crippen molar-refractivity contribution in [1.29, 1.82) is 0 Å². The van der Waals surface area contributed by atoms with Gasteiger partial charge in [0.15, 0.2) is 0 Å². The topological polar surface area (TPSA) is 38.3 Å². The Balaban J connectivity index is 2.18. The second kappa shape index (κ2) is 4.45. The molecule has 0 heterocycles. The van der Waals surface area contributed by atoms with Crippen LogP contribution in [0.1, 0.15) is 26.2 Å². The third-order valence-corrected chi connectivity index (χ3v) is 2.34. The lowest BCUT2D eigenvalue weighted by molar-refractivity contribution is -0.125. The number of ether oxygens (including phenoxy) is 1. The van der Waals surface area contributed by atoms with Crippen LogP contribution in [-0.2, 0) is 9.53 Å². The molecule has 2 atom stereocenters. The van der Waals surface area contributed by atoms with Crippen molar-refractivity contribution in [3.8, 4) is 0 Å². The Hall–Kier alpha value is -0.570. The van der Waals surface area contributed by atoms with E-state index < -0.39 is 0 Å². The normalized spacial score (nSPS) is 28.8. The lowest BCUT2D eigenvalue weighted by Gasteiger charge is -2.11. The fraction of sp³-hybridized carbons (Fsp3) is 0.889. The maximum atomic E-state index is 11.1. The Morgan fingerprint density at radius 3 is 2.83 bits per heavy atom. The molecule has 1 saturated carbocycles. The summed E-state index contributed by atoms with van der Waals surface area (Å²) in [7, 11) is 1.54. The molecule has 1 aliphatic rings. The molecule has 12 heavy (non-hydrogen) atoms. The third-order valence-electron chi connectivity index (χ3n) is 2.34. The molecular formula is C9H17NO2. The Morgan fingerprint density at radius 1 is 1.58 bits per heavy atom. The van der Waals surface area contributed by atoms with Crippen LogP contribution in [-0.4, -0.2) is 25.7 Å². The number of carbonyl (C=O) groups is 1. The van der Waals surface area contributed by atoms with Gasteiger partial charge in [0.1, 0.15) is 6.61 Å². The van der Waals surface area contributed by atoms with E-state index in [1.807, 2.05) is 0 Å². The highest BCUT2D eigenvalue weighted by Gasteiger charge is 2.22. The minimum absolute atomic E-state index is 0.0107. The standard InChI is InChI=1S/C9H17NO2/c1-7-3-4-8(5-7)10-9(11)6-12-2/h7-8H,3-6H2,1-2H3,(H,10,11). The summed E-state index contributed by atoms with van der Waals surface area (Å²) < 4.78 is 4.73. The van der Waals surface area contributed by atoms with Gasteiger partial charge in [0.05, 0.1) is 0 Å². The van der Waals surface area contributed by atoms with E-state index in [0.29, 0.717) is 6.04 Å². The molecule has 70 valence electrons. The number of carbonyl (C=O) groups excluding carboxylic acids is 1. The summed E-state index contributed by atoms with van der Waals surface area (Å²) in [6.45, 7) is 2.41. The second-order valence-electron chi connectivity index (χ2n) is 3.62. The van der Waals surface area contributed by atoms with E-state index in [0.717, 1.165) is 18.8 Å². The third kappa shape index (κ3) is 2.81. The average molecular weight is 171 g/mol. The van der Waals surface area contributed by atoms with Crippen molar-refractivity contribution in [1.82, 2.24) is 5.32 Å². The fourth-order valence-electron chi connectivity index (χ4n) is 1.74. The van der Waals surface area contributed by atoms with Gasteiger partial charge < -0.3 is 10.1 Å². The minimum Gasteiger partial charge on any atom is -0.375 e. The van der Waals surface area contributed by atoms with Gasteiger partial charge >= 0.3 is 0 Å². The quantitative estimate of drug-likeness (QED) is 0.686. The van der Waals surface area contributed by atoms with Gasteiger partial charge in [0.25, 0.3) is 0 Å². The SMILES string of the molecule is COCC(=O)NC1CCC(C)C1. The molecule has 3 heteroatoms. The molecule has 1 fully saturated rings. The maximum absolute atomic E-state index is 11.1. The molecule has 1 N–H and O–H groups in total. The zero-order valence-corrected chi connectivity index (χ0v) is 7.80. The molecule has 0 bridgehead atoms. The fourth-order valence-corrected chi connectivity index (χ4v) is 1.74. The van der Waals surface area contributed by atoms with E-state index in [1.54, 1.807) is 0 Å². The van der Waals surface area contributed by atoms with Gasteiger partial charge in [-0.2, -0.15) is 0 Å². The first-order valence-electron chi connectivity index (χ1n) is 4.50. The van der Waals surface area contributed by atoms with Crippen molar-refractivity contribution in [2.24, 2.45) is 5.92 Å². The highest BCUT2D eigenvalue weighted by atomic mass is 16.5. The first kappa shape index (κ1) is 9.52. The maximum Gasteiger partial charge on any atom is 0.246 e. The number of rotatable bonds is 3. The van der Waals surface area contributed by atoms with E-state index in [4.69, 9.17) is 4.74 Å². The van der Waals surface area contributed by atoms with Crippen molar-refractivity contribution in [3.05, 3.63) is 0 Å². The Morgan fingerprint density at radius 2 is 2.33 bits per heavy atom. The van der Waals surface area contributed by atoms with Crippen LogP contribution in [0.5, 0.6) is 0 Å². The molecule has 0 aromatic rings.